The summed E-state index contributed by atoms with van der Waals surface area (Å²) < 4.78 is 18.8. The van der Waals surface area contributed by atoms with Crippen LogP contribution in [0.4, 0.5) is 16.1 Å². The van der Waals surface area contributed by atoms with Gasteiger partial charge in [0, 0.05) is 49.8 Å². The minimum absolute atomic E-state index is 0.0124. The van der Waals surface area contributed by atoms with E-state index < -0.39 is 70.6 Å². The van der Waals surface area contributed by atoms with Crippen LogP contribution >= 0.6 is 0 Å². The van der Waals surface area contributed by atoms with Gasteiger partial charge in [0.15, 0.2) is 34.7 Å². The van der Waals surface area contributed by atoms with Gasteiger partial charge in [0.05, 0.1) is 11.5 Å². The number of phenols is 1. The number of aliphatic hydroxyl groups is 1. The lowest BCUT2D eigenvalue weighted by Gasteiger charge is -2.48. The molecule has 6 rings (SSSR count). The fourth-order valence-corrected chi connectivity index (χ4v) is 6.88. The number of primary amides is 1. The molecule has 13 heteroatoms. The van der Waals surface area contributed by atoms with E-state index in [4.69, 9.17) is 10.2 Å². The number of amides is 1. The highest BCUT2D eigenvalue weighted by molar-refractivity contribution is 6.31. The van der Waals surface area contributed by atoms with Crippen molar-refractivity contribution in [2.75, 3.05) is 24.3 Å². The molecule has 1 heterocycles. The molecule has 2 fully saturated rings. The number of oxazole rings is 1. The normalized spacial score (nSPS) is 26.1. The number of carbonyl (C=O) groups is 5. The van der Waals surface area contributed by atoms with Gasteiger partial charge in [-0.15, -0.1) is 0 Å². The molecule has 0 saturated heterocycles. The Kier molecular flexibility index (Phi) is 6.87. The second-order valence-corrected chi connectivity index (χ2v) is 11.8. The van der Waals surface area contributed by atoms with E-state index in [0.29, 0.717) is 22.5 Å². The smallest absolute Gasteiger partial charge is 0.295 e. The van der Waals surface area contributed by atoms with E-state index in [-0.39, 0.29) is 42.3 Å². The van der Waals surface area contributed by atoms with E-state index in [1.165, 1.54) is 18.4 Å². The molecule has 3 aliphatic carbocycles. The maximum absolute atomic E-state index is 14.0. The lowest BCUT2D eigenvalue weighted by atomic mass is 9.53. The molecule has 3 aliphatic rings. The molecule has 0 aliphatic heterocycles. The number of ketones is 4. The lowest BCUT2D eigenvalue weighted by molar-refractivity contribution is -0.175. The van der Waals surface area contributed by atoms with Gasteiger partial charge in [-0.3, -0.25) is 24.0 Å². The number of rotatable bonds is 6. The number of nitrogens with zero attached hydrogens (tertiary/aromatic N) is 2. The highest BCUT2D eigenvalue weighted by atomic mass is 19.1. The second-order valence-electron chi connectivity index (χ2n) is 11.8. The third-order valence-corrected chi connectivity index (χ3v) is 9.01. The summed E-state index contributed by atoms with van der Waals surface area (Å²) >= 11 is 0. The Hall–Kier alpha value is -4.91. The van der Waals surface area contributed by atoms with Gasteiger partial charge in [-0.2, -0.15) is 4.98 Å². The number of phenolic OH excluding ortho intramolecular Hbond substituents is 1. The molecule has 2 aromatic carbocycles. The molecular formula is C31H29FN4O8. The molecular weight excluding hydrogens is 575 g/mol. The van der Waals surface area contributed by atoms with Crippen LogP contribution in [0.2, 0.25) is 0 Å². The summed E-state index contributed by atoms with van der Waals surface area (Å²) in [6.45, 7) is -0.0362. The summed E-state index contributed by atoms with van der Waals surface area (Å²) in [6.07, 6.45) is 1.17. The number of benzene rings is 2. The first-order valence-corrected chi connectivity index (χ1v) is 14.0. The van der Waals surface area contributed by atoms with E-state index in [1.807, 2.05) is 0 Å². The van der Waals surface area contributed by atoms with Crippen molar-refractivity contribution < 1.29 is 43.0 Å². The third-order valence-electron chi connectivity index (χ3n) is 9.01. The average molecular weight is 605 g/mol. The number of halogens is 1. The Balaban J connectivity index is 1.33. The molecule has 12 nitrogen and oxygen atoms in total. The van der Waals surface area contributed by atoms with Crippen LogP contribution in [0, 0.1) is 29.5 Å². The Morgan fingerprint density at radius 2 is 1.86 bits per heavy atom. The monoisotopic (exact) mass is 604 g/mol. The fourth-order valence-electron chi connectivity index (χ4n) is 6.88. The van der Waals surface area contributed by atoms with Gasteiger partial charge >= 0.3 is 0 Å². The number of carbonyl (C=O) groups excluding carboxylic acids is 5. The molecule has 1 aromatic heterocycles. The van der Waals surface area contributed by atoms with E-state index in [2.05, 4.69) is 10.3 Å². The summed E-state index contributed by atoms with van der Waals surface area (Å²) in [5.74, 6) is -11.1. The van der Waals surface area contributed by atoms with Gasteiger partial charge in [0.25, 0.3) is 6.01 Å². The van der Waals surface area contributed by atoms with Crippen molar-refractivity contribution >= 4 is 40.7 Å². The number of nitrogens with two attached hydrogens (primary N) is 1. The second kappa shape index (κ2) is 10.4. The molecule has 2 saturated carbocycles. The third kappa shape index (κ3) is 4.37. The Morgan fingerprint density at radius 3 is 2.52 bits per heavy atom. The predicted octanol–water partition coefficient (Wildman–Crippen LogP) is 1.80. The van der Waals surface area contributed by atoms with Crippen molar-refractivity contribution in [3.05, 3.63) is 59.1 Å². The first-order chi connectivity index (χ1) is 20.8. The van der Waals surface area contributed by atoms with Crippen LogP contribution in [0.25, 0.3) is 11.3 Å². The molecule has 0 spiro atoms. The molecule has 44 heavy (non-hydrogen) atoms. The van der Waals surface area contributed by atoms with Gasteiger partial charge in [0.1, 0.15) is 23.5 Å². The maximum Gasteiger partial charge on any atom is 0.295 e. The fraction of sp³-hybridized carbons (Fsp3) is 0.355. The van der Waals surface area contributed by atoms with E-state index in [9.17, 15) is 38.6 Å². The molecule has 5 atom stereocenters. The van der Waals surface area contributed by atoms with Gasteiger partial charge in [-0.25, -0.2) is 4.39 Å². The van der Waals surface area contributed by atoms with Crippen molar-refractivity contribution in [2.45, 2.75) is 31.4 Å². The van der Waals surface area contributed by atoms with Crippen LogP contribution in [0.15, 0.2) is 41.0 Å². The van der Waals surface area contributed by atoms with Crippen LogP contribution in [0.3, 0.4) is 0 Å². The van der Waals surface area contributed by atoms with Crippen molar-refractivity contribution in [3.63, 3.8) is 0 Å². The number of Topliss-reactive ketones (excluding diaryl/α,β-unsaturated/α-hetero) is 4. The SMILES string of the molecule is CN(C)c1cc(CNc2nc(-c3ccc(F)cc3)co2)c(O)c2c1C[C@H]1C[C@H]3CC(=O)C(C(N)=O)C(=O)[C@@]3(O)C(=O)C1C2=O. The number of aromatic nitrogens is 1. The number of nitrogens with one attached hydrogen (secondary N) is 1. The number of hydrogen-bond donors (Lipinski definition) is 4. The molecule has 1 amide bonds. The zero-order chi connectivity index (χ0) is 31.7. The molecule has 3 aromatic rings. The van der Waals surface area contributed by atoms with Crippen LogP contribution in [0.5, 0.6) is 5.75 Å². The summed E-state index contributed by atoms with van der Waals surface area (Å²) in [4.78, 5) is 71.5. The van der Waals surface area contributed by atoms with Gasteiger partial charge in [0.2, 0.25) is 5.91 Å². The van der Waals surface area contributed by atoms with Crippen molar-refractivity contribution in [1.29, 1.82) is 0 Å². The summed E-state index contributed by atoms with van der Waals surface area (Å²) in [5.41, 5.74) is 4.90. The lowest BCUT2D eigenvalue weighted by Crippen LogP contribution is -2.68. The summed E-state index contributed by atoms with van der Waals surface area (Å²) in [6, 6.07) is 7.48. The highest BCUT2D eigenvalue weighted by Crippen LogP contribution is 2.51. The van der Waals surface area contributed by atoms with E-state index in [0.717, 1.165) is 0 Å². The predicted molar refractivity (Wildman–Crippen MR) is 152 cm³/mol. The zero-order valence-electron chi connectivity index (χ0n) is 23.8. The minimum Gasteiger partial charge on any atom is -0.507 e. The van der Waals surface area contributed by atoms with Gasteiger partial charge < -0.3 is 30.6 Å². The Morgan fingerprint density at radius 1 is 1.16 bits per heavy atom. The zero-order valence-corrected chi connectivity index (χ0v) is 23.8. The van der Waals surface area contributed by atoms with Crippen molar-refractivity contribution in [1.82, 2.24) is 4.98 Å². The van der Waals surface area contributed by atoms with Crippen molar-refractivity contribution in [2.24, 2.45) is 29.4 Å². The molecule has 228 valence electrons. The minimum atomic E-state index is -2.71. The largest absolute Gasteiger partial charge is 0.507 e. The van der Waals surface area contributed by atoms with E-state index >= 15 is 0 Å². The van der Waals surface area contributed by atoms with Crippen LogP contribution in [0.1, 0.15) is 34.3 Å². The first kappa shape index (κ1) is 29.2. The van der Waals surface area contributed by atoms with Gasteiger partial charge in [-0.05, 0) is 54.7 Å². The Bertz CT molecular complexity index is 1750. The highest BCUT2D eigenvalue weighted by Gasteiger charge is 2.66. The number of aromatic hydroxyl groups is 1. The Labute approximate surface area is 250 Å². The van der Waals surface area contributed by atoms with Crippen LogP contribution in [-0.2, 0) is 32.1 Å². The summed E-state index contributed by atoms with van der Waals surface area (Å²) in [5, 5.41) is 25.7. The number of hydrogen-bond acceptors (Lipinski definition) is 11. The first-order valence-electron chi connectivity index (χ1n) is 14.0. The number of fused-ring (bicyclic) bond motifs is 3. The quantitative estimate of drug-likeness (QED) is 0.300. The molecule has 2 unspecified atom stereocenters. The molecule has 0 radical (unpaired) electrons. The maximum atomic E-state index is 14.0. The van der Waals surface area contributed by atoms with Gasteiger partial charge in [-0.1, -0.05) is 0 Å². The number of anilines is 2. The molecule has 0 bridgehead atoms. The standard InChI is InChI=1S/C31H29FN4O8/c1-36(2)20-9-15(11-34-30-35-19(12-44-30)13-3-5-17(32)6-4-13)25(38)23-18(20)8-14-7-16-10-21(37)24(29(33)42)28(41)31(16,43)27(40)22(14)26(23)39/h3-6,9,12,14,16,22,24,38,43H,7-8,10-11H2,1-2H3,(H2,33,42)(H,34,35)/t14-,16+,22?,24?,31+/m1/s1. The topological polar surface area (TPSA) is 193 Å². The van der Waals surface area contributed by atoms with Crippen LogP contribution < -0.4 is 16.0 Å². The summed E-state index contributed by atoms with van der Waals surface area (Å²) in [7, 11) is 3.52. The van der Waals surface area contributed by atoms with Crippen LogP contribution in [-0.4, -0.2) is 63.9 Å². The average Bonchev–Trinajstić information content (AvgIpc) is 3.43. The van der Waals surface area contributed by atoms with E-state index in [1.54, 1.807) is 37.2 Å². The molecule has 5 N–H and O–H groups in total. The van der Waals surface area contributed by atoms with Crippen molar-refractivity contribution in [3.8, 4) is 17.0 Å².